The fraction of sp³-hybridized carbons (Fsp3) is 0.0667. The number of carboxylic acid groups (broad SMARTS) is 1. The number of nitrogens with one attached hydrogen (secondary N) is 1. The Bertz CT molecular complexity index is 730. The lowest BCUT2D eigenvalue weighted by atomic mass is 10.1. The lowest BCUT2D eigenvalue weighted by molar-refractivity contribution is 0.0696. The Morgan fingerprint density at radius 2 is 2.05 bits per heavy atom. The maximum absolute atomic E-state index is 11.0. The van der Waals surface area contributed by atoms with Crippen molar-refractivity contribution in [1.29, 1.82) is 0 Å². The van der Waals surface area contributed by atoms with E-state index in [0.717, 1.165) is 5.56 Å². The summed E-state index contributed by atoms with van der Waals surface area (Å²) in [7, 11) is 0. The quantitative estimate of drug-likeness (QED) is 0.914. The molecule has 6 heteroatoms. The van der Waals surface area contributed by atoms with E-state index >= 15 is 0 Å². The fourth-order valence-corrected chi connectivity index (χ4v) is 2.27. The molecule has 0 saturated heterocycles. The highest BCUT2D eigenvalue weighted by molar-refractivity contribution is 6.31. The minimum atomic E-state index is -0.987. The van der Waals surface area contributed by atoms with Crippen LogP contribution in [0.1, 0.15) is 27.7 Å². The molecule has 2 aromatic carbocycles. The van der Waals surface area contributed by atoms with E-state index in [1.807, 2.05) is 18.2 Å². The second kappa shape index (κ2) is 5.46. The van der Waals surface area contributed by atoms with Crippen LogP contribution in [-0.2, 0) is 4.84 Å². The van der Waals surface area contributed by atoms with Gasteiger partial charge in [0.25, 0.3) is 0 Å². The van der Waals surface area contributed by atoms with E-state index in [4.69, 9.17) is 21.5 Å². The summed E-state index contributed by atoms with van der Waals surface area (Å²) in [6, 6.07) is 13.8. The van der Waals surface area contributed by atoms with Crippen LogP contribution in [0.2, 0.25) is 5.02 Å². The van der Waals surface area contributed by atoms with Crippen molar-refractivity contribution in [3.05, 3.63) is 70.2 Å². The Morgan fingerprint density at radius 3 is 2.81 bits per heavy atom. The zero-order valence-electron chi connectivity index (χ0n) is 10.8. The number of rotatable bonds is 3. The Balaban J connectivity index is 1.83. The van der Waals surface area contributed by atoms with Gasteiger partial charge < -0.3 is 15.3 Å². The van der Waals surface area contributed by atoms with Crippen LogP contribution < -0.4 is 5.32 Å². The van der Waals surface area contributed by atoms with Crippen LogP contribution in [-0.4, -0.2) is 16.9 Å². The number of nitrogens with zero attached hydrogens (tertiary/aromatic N) is 1. The second-order valence-corrected chi connectivity index (χ2v) is 4.88. The Morgan fingerprint density at radius 1 is 1.24 bits per heavy atom. The molecule has 1 unspecified atom stereocenters. The van der Waals surface area contributed by atoms with E-state index in [1.54, 1.807) is 18.2 Å². The molecule has 1 aliphatic heterocycles. The number of hydrogen-bond donors (Lipinski definition) is 2. The van der Waals surface area contributed by atoms with Gasteiger partial charge in [0.2, 0.25) is 6.23 Å². The third-order valence-corrected chi connectivity index (χ3v) is 3.43. The predicted octanol–water partition coefficient (Wildman–Crippen LogP) is 3.02. The molecule has 0 saturated carbocycles. The summed E-state index contributed by atoms with van der Waals surface area (Å²) in [5.74, 6) is -0.512. The highest BCUT2D eigenvalue weighted by atomic mass is 35.5. The molecule has 0 radical (unpaired) electrons. The average Bonchev–Trinajstić information content (AvgIpc) is 2.97. The van der Waals surface area contributed by atoms with Crippen LogP contribution in [0.15, 0.2) is 53.7 Å². The molecular formula is C15H11ClN2O3. The third-order valence-electron chi connectivity index (χ3n) is 3.09. The first-order valence-electron chi connectivity index (χ1n) is 6.23. The molecule has 1 atom stereocenters. The van der Waals surface area contributed by atoms with E-state index in [2.05, 4.69) is 10.5 Å². The lowest BCUT2D eigenvalue weighted by Crippen LogP contribution is -2.24. The molecule has 0 aliphatic carbocycles. The van der Waals surface area contributed by atoms with Gasteiger partial charge >= 0.3 is 5.97 Å². The van der Waals surface area contributed by atoms with E-state index in [-0.39, 0.29) is 5.56 Å². The van der Waals surface area contributed by atoms with Crippen LogP contribution in [0.5, 0.6) is 0 Å². The van der Waals surface area contributed by atoms with E-state index in [9.17, 15) is 4.79 Å². The molecule has 0 aromatic heterocycles. The molecule has 0 fully saturated rings. The summed E-state index contributed by atoms with van der Waals surface area (Å²) in [6.07, 6.45) is -0.484. The number of hydrogen-bond acceptors (Lipinski definition) is 4. The van der Waals surface area contributed by atoms with E-state index in [1.165, 1.54) is 12.1 Å². The number of oxime groups is 1. The molecule has 21 heavy (non-hydrogen) atoms. The summed E-state index contributed by atoms with van der Waals surface area (Å²) in [5, 5.41) is 16.6. The Hall–Kier alpha value is -2.53. The minimum Gasteiger partial charge on any atom is -0.478 e. The fourth-order valence-electron chi connectivity index (χ4n) is 2.04. The molecule has 0 bridgehead atoms. The summed E-state index contributed by atoms with van der Waals surface area (Å²) in [4.78, 5) is 16.3. The van der Waals surface area contributed by atoms with Crippen molar-refractivity contribution in [2.75, 3.05) is 0 Å². The molecule has 1 aliphatic rings. The van der Waals surface area contributed by atoms with Gasteiger partial charge in [-0.25, -0.2) is 4.79 Å². The maximum Gasteiger partial charge on any atom is 0.335 e. The molecular weight excluding hydrogens is 292 g/mol. The van der Waals surface area contributed by atoms with Gasteiger partial charge in [-0.15, -0.1) is 0 Å². The molecule has 3 rings (SSSR count). The van der Waals surface area contributed by atoms with E-state index in [0.29, 0.717) is 16.4 Å². The second-order valence-electron chi connectivity index (χ2n) is 4.48. The number of aromatic carboxylic acids is 1. The van der Waals surface area contributed by atoms with Crippen LogP contribution in [0.25, 0.3) is 0 Å². The molecule has 2 aromatic rings. The standard InChI is InChI=1S/C15H11ClN2O3/c16-12-7-2-1-6-11(12)14-17-13(18-21-14)9-4-3-5-10(8-9)15(19)20/h1-8,14H,(H,17,18)(H,19,20). The zero-order chi connectivity index (χ0) is 14.8. The van der Waals surface area contributed by atoms with Gasteiger partial charge in [-0.3, -0.25) is 0 Å². The monoisotopic (exact) mass is 302 g/mol. The normalized spacial score (nSPS) is 16.8. The topological polar surface area (TPSA) is 70.9 Å². The smallest absolute Gasteiger partial charge is 0.335 e. The summed E-state index contributed by atoms with van der Waals surface area (Å²) < 4.78 is 0. The number of amidine groups is 1. The van der Waals surface area contributed by atoms with Crippen molar-refractivity contribution in [3.63, 3.8) is 0 Å². The molecule has 1 heterocycles. The van der Waals surface area contributed by atoms with Crippen molar-refractivity contribution >= 4 is 23.4 Å². The Labute approximate surface area is 125 Å². The molecule has 0 amide bonds. The number of carboxylic acids is 1. The van der Waals surface area contributed by atoms with Gasteiger partial charge in [0, 0.05) is 16.1 Å². The first-order valence-corrected chi connectivity index (χ1v) is 6.61. The van der Waals surface area contributed by atoms with Crippen molar-refractivity contribution in [1.82, 2.24) is 5.32 Å². The van der Waals surface area contributed by atoms with Crippen molar-refractivity contribution < 1.29 is 14.7 Å². The summed E-state index contributed by atoms with van der Waals surface area (Å²) in [5.41, 5.74) is 1.61. The van der Waals surface area contributed by atoms with Gasteiger partial charge in [-0.1, -0.05) is 47.1 Å². The lowest BCUT2D eigenvalue weighted by Gasteiger charge is -2.11. The average molecular weight is 303 g/mol. The highest BCUT2D eigenvalue weighted by Gasteiger charge is 2.24. The van der Waals surface area contributed by atoms with Gasteiger partial charge in [-0.05, 0) is 18.2 Å². The minimum absolute atomic E-state index is 0.193. The van der Waals surface area contributed by atoms with E-state index < -0.39 is 12.2 Å². The van der Waals surface area contributed by atoms with Crippen LogP contribution >= 0.6 is 11.6 Å². The molecule has 2 N–H and O–H groups in total. The largest absolute Gasteiger partial charge is 0.478 e. The van der Waals surface area contributed by atoms with Crippen molar-refractivity contribution in [3.8, 4) is 0 Å². The van der Waals surface area contributed by atoms with Gasteiger partial charge in [-0.2, -0.15) is 0 Å². The SMILES string of the molecule is O=C(O)c1cccc(C2=NOC(c3ccccc3Cl)N2)c1. The first-order chi connectivity index (χ1) is 10.1. The van der Waals surface area contributed by atoms with Crippen LogP contribution in [0.4, 0.5) is 0 Å². The number of benzene rings is 2. The predicted molar refractivity (Wildman–Crippen MR) is 78.4 cm³/mol. The Kier molecular flexibility index (Phi) is 3.50. The third kappa shape index (κ3) is 2.68. The molecule has 5 nitrogen and oxygen atoms in total. The summed E-state index contributed by atoms with van der Waals surface area (Å²) in [6.45, 7) is 0. The van der Waals surface area contributed by atoms with Gasteiger partial charge in [0.15, 0.2) is 5.84 Å². The first kappa shape index (κ1) is 13.5. The number of halogens is 1. The van der Waals surface area contributed by atoms with Crippen LogP contribution in [0, 0.1) is 0 Å². The van der Waals surface area contributed by atoms with Gasteiger partial charge in [0.05, 0.1) is 5.56 Å². The maximum atomic E-state index is 11.0. The zero-order valence-corrected chi connectivity index (χ0v) is 11.5. The van der Waals surface area contributed by atoms with Crippen LogP contribution in [0.3, 0.4) is 0 Å². The summed E-state index contributed by atoms with van der Waals surface area (Å²) >= 11 is 6.12. The highest BCUT2D eigenvalue weighted by Crippen LogP contribution is 2.27. The van der Waals surface area contributed by atoms with Gasteiger partial charge in [0.1, 0.15) is 0 Å². The molecule has 106 valence electrons. The van der Waals surface area contributed by atoms with Crippen molar-refractivity contribution in [2.24, 2.45) is 5.16 Å². The number of carbonyl (C=O) groups is 1. The van der Waals surface area contributed by atoms with Crippen molar-refractivity contribution in [2.45, 2.75) is 6.23 Å². The molecule has 0 spiro atoms.